The maximum atomic E-state index is 11.8. The average Bonchev–Trinajstić information content (AvgIpc) is 2.89. The number of ether oxygens (including phenoxy) is 3. The summed E-state index contributed by atoms with van der Waals surface area (Å²) in [4.78, 5) is 11.8. The second kappa shape index (κ2) is 8.55. The highest BCUT2D eigenvalue weighted by molar-refractivity contribution is 5.82. The highest BCUT2D eigenvalue weighted by Gasteiger charge is 2.45. The molecule has 0 spiro atoms. The molecule has 4 atom stereocenters. The first-order valence-electron chi connectivity index (χ1n) is 9.47. The van der Waals surface area contributed by atoms with Gasteiger partial charge in [0.15, 0.2) is 5.79 Å². The summed E-state index contributed by atoms with van der Waals surface area (Å²) >= 11 is 0. The predicted molar refractivity (Wildman–Crippen MR) is 104 cm³/mol. The lowest BCUT2D eigenvalue weighted by atomic mass is 9.89. The highest BCUT2D eigenvalue weighted by atomic mass is 16.8. The van der Waals surface area contributed by atoms with Crippen LogP contribution in [0.1, 0.15) is 59.6 Å². The molecule has 0 saturated carbocycles. The zero-order valence-electron chi connectivity index (χ0n) is 17.1. The van der Waals surface area contributed by atoms with Crippen LogP contribution >= 0.6 is 0 Å². The molecule has 0 aliphatic carbocycles. The summed E-state index contributed by atoms with van der Waals surface area (Å²) in [6, 6.07) is 9.89. The van der Waals surface area contributed by atoms with Gasteiger partial charge in [0, 0.05) is 12.0 Å². The first-order chi connectivity index (χ1) is 12.5. The Balaban J connectivity index is 2.01. The lowest BCUT2D eigenvalue weighted by molar-refractivity contribution is -0.153. The smallest absolute Gasteiger partial charge is 0.330 e. The van der Waals surface area contributed by atoms with Crippen molar-refractivity contribution < 1.29 is 24.1 Å². The molecule has 1 fully saturated rings. The van der Waals surface area contributed by atoms with Crippen LogP contribution in [0.15, 0.2) is 42.5 Å². The summed E-state index contributed by atoms with van der Waals surface area (Å²) in [5.74, 6) is -1.31. The van der Waals surface area contributed by atoms with Gasteiger partial charge in [-0.15, -0.1) is 0 Å². The number of aliphatic hydroxyl groups is 1. The average molecular weight is 376 g/mol. The minimum Gasteiger partial charge on any atom is -0.457 e. The van der Waals surface area contributed by atoms with E-state index in [0.29, 0.717) is 6.42 Å². The van der Waals surface area contributed by atoms with E-state index in [1.165, 1.54) is 6.08 Å². The van der Waals surface area contributed by atoms with Crippen LogP contribution < -0.4 is 0 Å². The second-order valence-electron chi connectivity index (χ2n) is 8.53. The van der Waals surface area contributed by atoms with Crippen molar-refractivity contribution in [2.75, 3.05) is 0 Å². The molecule has 1 heterocycles. The molecule has 1 aliphatic rings. The van der Waals surface area contributed by atoms with Gasteiger partial charge in [0.25, 0.3) is 0 Å². The Morgan fingerprint density at radius 2 is 1.89 bits per heavy atom. The van der Waals surface area contributed by atoms with Gasteiger partial charge in [0.05, 0.1) is 12.2 Å². The van der Waals surface area contributed by atoms with E-state index in [1.807, 2.05) is 71.9 Å². The van der Waals surface area contributed by atoms with Crippen molar-refractivity contribution in [2.45, 2.75) is 77.7 Å². The van der Waals surface area contributed by atoms with Crippen molar-refractivity contribution in [3.05, 3.63) is 48.0 Å². The molecule has 1 aliphatic heterocycles. The number of carbonyl (C=O) groups is 1. The standard InChI is InChI=1S/C22H32O5/c1-15(17(23)13-10-14-18(24)25-21(2,3)4)19-20(27-22(5,6)26-19)16-11-8-7-9-12-16/h7-12,14-15,17,19-20,23H,13H2,1-6H3/b14-10+/t15-,17-,19+,20+/m0/s1. The molecule has 0 bridgehead atoms. The van der Waals surface area contributed by atoms with Gasteiger partial charge >= 0.3 is 5.97 Å². The van der Waals surface area contributed by atoms with Gasteiger partial charge in [0.1, 0.15) is 11.7 Å². The van der Waals surface area contributed by atoms with Crippen molar-refractivity contribution in [1.82, 2.24) is 0 Å². The molecule has 0 radical (unpaired) electrons. The number of esters is 1. The molecule has 5 nitrogen and oxygen atoms in total. The largest absolute Gasteiger partial charge is 0.457 e. The third kappa shape index (κ3) is 6.45. The molecule has 1 aromatic rings. The summed E-state index contributed by atoms with van der Waals surface area (Å²) in [7, 11) is 0. The van der Waals surface area contributed by atoms with Crippen LogP contribution in [0, 0.1) is 5.92 Å². The van der Waals surface area contributed by atoms with E-state index >= 15 is 0 Å². The molecule has 1 aromatic carbocycles. The first-order valence-corrected chi connectivity index (χ1v) is 9.47. The van der Waals surface area contributed by atoms with Crippen molar-refractivity contribution in [2.24, 2.45) is 5.92 Å². The number of benzene rings is 1. The molecule has 0 unspecified atom stereocenters. The third-order valence-electron chi connectivity index (χ3n) is 4.42. The summed E-state index contributed by atoms with van der Waals surface area (Å²) in [6.07, 6.45) is 2.15. The Morgan fingerprint density at radius 3 is 2.48 bits per heavy atom. The van der Waals surface area contributed by atoms with E-state index in [9.17, 15) is 9.90 Å². The lowest BCUT2D eigenvalue weighted by Gasteiger charge is -2.27. The van der Waals surface area contributed by atoms with Crippen LogP contribution in [0.4, 0.5) is 0 Å². The fourth-order valence-electron chi connectivity index (χ4n) is 3.15. The zero-order chi connectivity index (χ0) is 20.2. The number of hydrogen-bond donors (Lipinski definition) is 1. The Labute approximate surface area is 162 Å². The van der Waals surface area contributed by atoms with Gasteiger partial charge < -0.3 is 19.3 Å². The molecule has 0 amide bonds. The zero-order valence-corrected chi connectivity index (χ0v) is 17.1. The van der Waals surface area contributed by atoms with Crippen molar-refractivity contribution in [3.8, 4) is 0 Å². The molecule has 150 valence electrons. The van der Waals surface area contributed by atoms with Crippen LogP contribution in [0.3, 0.4) is 0 Å². The molecule has 1 saturated heterocycles. The predicted octanol–water partition coefficient (Wildman–Crippen LogP) is 4.16. The molecule has 5 heteroatoms. The van der Waals surface area contributed by atoms with E-state index in [-0.39, 0.29) is 18.1 Å². The van der Waals surface area contributed by atoms with Crippen LogP contribution in [-0.4, -0.2) is 34.7 Å². The van der Waals surface area contributed by atoms with E-state index in [2.05, 4.69) is 0 Å². The molecule has 2 rings (SSSR count). The van der Waals surface area contributed by atoms with Crippen LogP contribution in [0.25, 0.3) is 0 Å². The Morgan fingerprint density at radius 1 is 1.26 bits per heavy atom. The minimum absolute atomic E-state index is 0.180. The second-order valence-corrected chi connectivity index (χ2v) is 8.53. The number of aliphatic hydroxyl groups excluding tert-OH is 1. The normalized spacial score (nSPS) is 24.7. The van der Waals surface area contributed by atoms with Gasteiger partial charge in [-0.25, -0.2) is 4.79 Å². The number of rotatable bonds is 6. The monoisotopic (exact) mass is 376 g/mol. The molecule has 27 heavy (non-hydrogen) atoms. The molecule has 0 aromatic heterocycles. The van der Waals surface area contributed by atoms with Crippen LogP contribution in [0.2, 0.25) is 0 Å². The Kier molecular flexibility index (Phi) is 6.84. The third-order valence-corrected chi connectivity index (χ3v) is 4.42. The highest BCUT2D eigenvalue weighted by Crippen LogP contribution is 2.42. The summed E-state index contributed by atoms with van der Waals surface area (Å²) in [6.45, 7) is 11.2. The first kappa shape index (κ1) is 21.6. The Hall–Kier alpha value is -1.69. The maximum absolute atomic E-state index is 11.8. The SMILES string of the molecule is C[C@H]([C@H]1OC(C)(C)O[C@@H]1c1ccccc1)[C@@H](O)C/C=C/C(=O)OC(C)(C)C. The topological polar surface area (TPSA) is 65.0 Å². The summed E-state index contributed by atoms with van der Waals surface area (Å²) in [5.41, 5.74) is 0.494. The molecule has 1 N–H and O–H groups in total. The van der Waals surface area contributed by atoms with Gasteiger partial charge in [-0.3, -0.25) is 0 Å². The fraction of sp³-hybridized carbons (Fsp3) is 0.591. The van der Waals surface area contributed by atoms with Crippen LogP contribution in [0.5, 0.6) is 0 Å². The molecular formula is C22H32O5. The minimum atomic E-state index is -0.717. The lowest BCUT2D eigenvalue weighted by Crippen LogP contribution is -2.33. The van der Waals surface area contributed by atoms with Gasteiger partial charge in [0.2, 0.25) is 0 Å². The van der Waals surface area contributed by atoms with E-state index in [4.69, 9.17) is 14.2 Å². The summed E-state index contributed by atoms with van der Waals surface area (Å²) in [5, 5.41) is 10.6. The van der Waals surface area contributed by atoms with Gasteiger partial charge in [-0.1, -0.05) is 43.3 Å². The Bertz CT molecular complexity index is 644. The van der Waals surface area contributed by atoms with Crippen LogP contribution in [-0.2, 0) is 19.0 Å². The van der Waals surface area contributed by atoms with Gasteiger partial charge in [-0.05, 0) is 46.6 Å². The van der Waals surface area contributed by atoms with Crippen molar-refractivity contribution in [1.29, 1.82) is 0 Å². The van der Waals surface area contributed by atoms with E-state index < -0.39 is 23.5 Å². The van der Waals surface area contributed by atoms with E-state index in [0.717, 1.165) is 5.56 Å². The van der Waals surface area contributed by atoms with Gasteiger partial charge in [-0.2, -0.15) is 0 Å². The van der Waals surface area contributed by atoms with E-state index in [1.54, 1.807) is 6.08 Å². The maximum Gasteiger partial charge on any atom is 0.330 e. The summed E-state index contributed by atoms with van der Waals surface area (Å²) < 4.78 is 17.4. The molecular weight excluding hydrogens is 344 g/mol. The van der Waals surface area contributed by atoms with Crippen molar-refractivity contribution >= 4 is 5.97 Å². The van der Waals surface area contributed by atoms with Crippen molar-refractivity contribution in [3.63, 3.8) is 0 Å². The number of carbonyl (C=O) groups excluding carboxylic acids is 1. The fourth-order valence-corrected chi connectivity index (χ4v) is 3.15. The number of hydrogen-bond acceptors (Lipinski definition) is 5. The quantitative estimate of drug-likeness (QED) is 0.596.